The summed E-state index contributed by atoms with van der Waals surface area (Å²) in [6.07, 6.45) is 3.03. The van der Waals surface area contributed by atoms with Crippen LogP contribution in [0.4, 0.5) is 18.9 Å². The number of hydrogen-bond acceptors (Lipinski definition) is 2. The van der Waals surface area contributed by atoms with Crippen molar-refractivity contribution in [3.8, 4) is 0 Å². The number of rotatable bonds is 6. The monoisotopic (exact) mass is 382 g/mol. The number of allylic oxidation sites excluding steroid dienone is 1. The van der Waals surface area contributed by atoms with Crippen LogP contribution in [0, 0.1) is 5.41 Å². The number of carbonyl (C=O) groups is 2. The molecule has 0 bridgehead atoms. The highest BCUT2D eigenvalue weighted by Gasteiger charge is 2.36. The molecule has 0 spiro atoms. The molecule has 148 valence electrons. The van der Waals surface area contributed by atoms with Gasteiger partial charge in [0.15, 0.2) is 0 Å². The van der Waals surface area contributed by atoms with Crippen LogP contribution in [-0.2, 0) is 15.8 Å². The molecule has 0 fully saturated rings. The Morgan fingerprint density at radius 1 is 1.04 bits per heavy atom. The smallest absolute Gasteiger partial charge is 0.355 e. The molecule has 0 saturated heterocycles. The molecular formula is C20H25F3N2O2. The minimum Gasteiger partial charge on any atom is -0.355 e. The fraction of sp³-hybridized carbons (Fsp3) is 0.500. The minimum atomic E-state index is -4.44. The lowest BCUT2D eigenvalue weighted by Gasteiger charge is -2.23. The molecule has 27 heavy (non-hydrogen) atoms. The van der Waals surface area contributed by atoms with Crippen molar-refractivity contribution in [2.45, 2.75) is 52.1 Å². The SMILES string of the molecule is CC(C)(C(=O)NCCC1=CCCCC1)C(=O)Nc1ccc(C(F)(F)F)cc1. The number of carbonyl (C=O) groups excluding carboxylic acids is 2. The molecule has 1 aliphatic carbocycles. The molecule has 0 aromatic heterocycles. The molecule has 0 radical (unpaired) electrons. The van der Waals surface area contributed by atoms with Crippen LogP contribution < -0.4 is 10.6 Å². The van der Waals surface area contributed by atoms with Crippen molar-refractivity contribution in [1.29, 1.82) is 0 Å². The molecule has 2 amide bonds. The molecule has 4 nitrogen and oxygen atoms in total. The van der Waals surface area contributed by atoms with Crippen LogP contribution in [0.5, 0.6) is 0 Å². The Hall–Kier alpha value is -2.31. The summed E-state index contributed by atoms with van der Waals surface area (Å²) >= 11 is 0. The van der Waals surface area contributed by atoms with E-state index >= 15 is 0 Å². The van der Waals surface area contributed by atoms with Crippen LogP contribution in [0.25, 0.3) is 0 Å². The summed E-state index contributed by atoms with van der Waals surface area (Å²) in [7, 11) is 0. The van der Waals surface area contributed by atoms with E-state index in [0.29, 0.717) is 6.54 Å². The van der Waals surface area contributed by atoms with Crippen LogP contribution >= 0.6 is 0 Å². The van der Waals surface area contributed by atoms with E-state index in [9.17, 15) is 22.8 Å². The van der Waals surface area contributed by atoms with Crippen LogP contribution in [0.15, 0.2) is 35.9 Å². The fourth-order valence-corrected chi connectivity index (χ4v) is 2.82. The van der Waals surface area contributed by atoms with E-state index in [2.05, 4.69) is 16.7 Å². The van der Waals surface area contributed by atoms with Gasteiger partial charge < -0.3 is 10.6 Å². The summed E-state index contributed by atoms with van der Waals surface area (Å²) in [6, 6.07) is 4.12. The number of halogens is 3. The first-order chi connectivity index (χ1) is 12.6. The Labute approximate surface area is 157 Å². The highest BCUT2D eigenvalue weighted by Crippen LogP contribution is 2.30. The number of amides is 2. The molecule has 2 rings (SSSR count). The Balaban J connectivity index is 1.89. The van der Waals surface area contributed by atoms with E-state index in [4.69, 9.17) is 0 Å². The lowest BCUT2D eigenvalue weighted by molar-refractivity contribution is -0.138. The zero-order valence-corrected chi connectivity index (χ0v) is 15.6. The second kappa shape index (κ2) is 8.59. The van der Waals surface area contributed by atoms with E-state index in [-0.39, 0.29) is 5.69 Å². The van der Waals surface area contributed by atoms with Crippen molar-refractivity contribution >= 4 is 17.5 Å². The molecule has 0 saturated carbocycles. The van der Waals surface area contributed by atoms with E-state index in [1.165, 1.54) is 44.4 Å². The Bertz CT molecular complexity index is 707. The number of hydrogen-bond donors (Lipinski definition) is 2. The van der Waals surface area contributed by atoms with Gasteiger partial charge in [0.05, 0.1) is 5.56 Å². The Kier molecular flexibility index (Phi) is 6.68. The molecule has 0 aliphatic heterocycles. The van der Waals surface area contributed by atoms with Crippen molar-refractivity contribution in [2.75, 3.05) is 11.9 Å². The molecular weight excluding hydrogens is 357 g/mol. The van der Waals surface area contributed by atoms with E-state index in [1.807, 2.05) is 0 Å². The Morgan fingerprint density at radius 3 is 2.26 bits per heavy atom. The summed E-state index contributed by atoms with van der Waals surface area (Å²) in [5, 5.41) is 5.28. The largest absolute Gasteiger partial charge is 0.416 e. The molecule has 1 aliphatic rings. The molecule has 1 aromatic carbocycles. The molecule has 0 atom stereocenters. The quantitative estimate of drug-likeness (QED) is 0.555. The van der Waals surface area contributed by atoms with Crippen LogP contribution in [0.1, 0.15) is 51.5 Å². The van der Waals surface area contributed by atoms with Gasteiger partial charge in [0.25, 0.3) is 0 Å². The standard InChI is InChI=1S/C20H25F3N2O2/c1-19(2,17(26)24-13-12-14-6-4-3-5-7-14)18(27)25-16-10-8-15(9-11-16)20(21,22)23/h6,8-11H,3-5,7,12-13H2,1-2H3,(H,24,26)(H,25,27). The van der Waals surface area contributed by atoms with Gasteiger partial charge in [-0.25, -0.2) is 0 Å². The first-order valence-electron chi connectivity index (χ1n) is 9.05. The molecule has 0 heterocycles. The summed E-state index contributed by atoms with van der Waals surface area (Å²) in [6.45, 7) is 3.44. The van der Waals surface area contributed by atoms with Gasteiger partial charge in [-0.1, -0.05) is 11.6 Å². The Morgan fingerprint density at radius 2 is 1.70 bits per heavy atom. The summed E-state index contributed by atoms with van der Waals surface area (Å²) < 4.78 is 37.8. The van der Waals surface area contributed by atoms with Gasteiger partial charge in [-0.15, -0.1) is 0 Å². The van der Waals surface area contributed by atoms with Gasteiger partial charge in [0.1, 0.15) is 5.41 Å². The van der Waals surface area contributed by atoms with Crippen molar-refractivity contribution in [1.82, 2.24) is 5.32 Å². The lowest BCUT2D eigenvalue weighted by atomic mass is 9.90. The van der Waals surface area contributed by atoms with Gasteiger partial charge >= 0.3 is 6.18 Å². The first kappa shape index (κ1) is 21.0. The van der Waals surface area contributed by atoms with Gasteiger partial charge in [0, 0.05) is 12.2 Å². The minimum absolute atomic E-state index is 0.209. The van der Waals surface area contributed by atoms with Gasteiger partial charge in [0.2, 0.25) is 11.8 Å². The maximum atomic E-state index is 12.6. The second-order valence-electron chi connectivity index (χ2n) is 7.27. The summed E-state index contributed by atoms with van der Waals surface area (Å²) in [5.74, 6) is -0.986. The normalized spacial score (nSPS) is 15.1. The van der Waals surface area contributed by atoms with Crippen molar-refractivity contribution in [3.63, 3.8) is 0 Å². The number of nitrogens with one attached hydrogen (secondary N) is 2. The maximum Gasteiger partial charge on any atom is 0.416 e. The average Bonchev–Trinajstić information content (AvgIpc) is 2.62. The van der Waals surface area contributed by atoms with Crippen molar-refractivity contribution < 1.29 is 22.8 Å². The summed E-state index contributed by atoms with van der Waals surface area (Å²) in [4.78, 5) is 24.8. The first-order valence-corrected chi connectivity index (χ1v) is 9.05. The highest BCUT2D eigenvalue weighted by atomic mass is 19.4. The van der Waals surface area contributed by atoms with Crippen molar-refractivity contribution in [3.05, 3.63) is 41.5 Å². The molecule has 7 heteroatoms. The van der Waals surface area contributed by atoms with Crippen LogP contribution in [-0.4, -0.2) is 18.4 Å². The third kappa shape index (κ3) is 5.84. The third-order valence-electron chi connectivity index (χ3n) is 4.72. The van der Waals surface area contributed by atoms with E-state index in [1.54, 1.807) is 0 Å². The highest BCUT2D eigenvalue weighted by molar-refractivity contribution is 6.09. The third-order valence-corrected chi connectivity index (χ3v) is 4.72. The van der Waals surface area contributed by atoms with Crippen LogP contribution in [0.2, 0.25) is 0 Å². The zero-order valence-electron chi connectivity index (χ0n) is 15.6. The lowest BCUT2D eigenvalue weighted by Crippen LogP contribution is -2.45. The zero-order chi connectivity index (χ0) is 20.1. The number of anilines is 1. The van der Waals surface area contributed by atoms with Gasteiger partial charge in [-0.3, -0.25) is 9.59 Å². The summed E-state index contributed by atoms with van der Waals surface area (Å²) in [5.41, 5.74) is -0.603. The predicted octanol–water partition coefficient (Wildman–Crippen LogP) is 4.68. The van der Waals surface area contributed by atoms with E-state index in [0.717, 1.165) is 31.4 Å². The number of alkyl halides is 3. The van der Waals surface area contributed by atoms with Crippen LogP contribution in [0.3, 0.4) is 0 Å². The average molecular weight is 382 g/mol. The molecule has 2 N–H and O–H groups in total. The fourth-order valence-electron chi connectivity index (χ4n) is 2.82. The predicted molar refractivity (Wildman–Crippen MR) is 98.0 cm³/mol. The van der Waals surface area contributed by atoms with Crippen molar-refractivity contribution in [2.24, 2.45) is 5.41 Å². The molecule has 0 unspecified atom stereocenters. The number of benzene rings is 1. The maximum absolute atomic E-state index is 12.6. The topological polar surface area (TPSA) is 58.2 Å². The van der Waals surface area contributed by atoms with Gasteiger partial charge in [-0.2, -0.15) is 13.2 Å². The second-order valence-corrected chi connectivity index (χ2v) is 7.27. The van der Waals surface area contributed by atoms with E-state index < -0.39 is 29.0 Å². The molecule has 1 aromatic rings. The van der Waals surface area contributed by atoms with Gasteiger partial charge in [-0.05, 0) is 70.2 Å².